The Morgan fingerprint density at radius 2 is 1.55 bits per heavy atom. The van der Waals surface area contributed by atoms with Gasteiger partial charge in [0.05, 0.1) is 6.61 Å². The first-order chi connectivity index (χ1) is 18.5. The van der Waals surface area contributed by atoms with Crippen molar-refractivity contribution in [1.29, 1.82) is 0 Å². The molecule has 1 heterocycles. The van der Waals surface area contributed by atoms with Gasteiger partial charge in [-0.3, -0.25) is 0 Å². The van der Waals surface area contributed by atoms with E-state index in [0.29, 0.717) is 12.2 Å². The van der Waals surface area contributed by atoms with Crippen molar-refractivity contribution in [3.8, 4) is 0 Å². The van der Waals surface area contributed by atoms with Crippen molar-refractivity contribution in [3.05, 3.63) is 71.9 Å². The summed E-state index contributed by atoms with van der Waals surface area (Å²) >= 11 is 0. The molecule has 0 aliphatic heterocycles. The predicted molar refractivity (Wildman–Crippen MR) is 145 cm³/mol. The van der Waals surface area contributed by atoms with Gasteiger partial charge >= 0.3 is 0 Å². The van der Waals surface area contributed by atoms with E-state index in [1.165, 1.54) is 0 Å². The fourth-order valence-electron chi connectivity index (χ4n) is 5.55. The monoisotopic (exact) mass is 527 g/mol. The standard InChI is InChI=1S/C30H41NO7/c1-2-38-30(23-19-31-24-16-10-9-15-22(23)24)28(35)27(36-18-12-5-3-4-11-17-32)25(33)26(34)29(30)37-20-21-13-7-6-8-14-21/h6-10,13-16,19,25-29,31-35H,2-5,11-12,17-18,20H2,1H3. The SMILES string of the molecule is CCOC1(c2c[nH]c3ccccc23)C(O)C(OCCCCCCCO)C(O)C(O)C1OCc1ccccc1. The molecule has 1 aliphatic rings. The number of hydrogen-bond donors (Lipinski definition) is 5. The van der Waals surface area contributed by atoms with Crippen molar-refractivity contribution in [3.63, 3.8) is 0 Å². The second-order valence-corrected chi connectivity index (χ2v) is 9.94. The Balaban J connectivity index is 1.66. The molecule has 0 saturated heterocycles. The van der Waals surface area contributed by atoms with Gasteiger partial charge in [0.1, 0.15) is 30.5 Å². The molecule has 1 fully saturated rings. The maximum atomic E-state index is 11.9. The smallest absolute Gasteiger partial charge is 0.152 e. The first-order valence-corrected chi connectivity index (χ1v) is 13.7. The normalized spacial score (nSPS) is 27.7. The fraction of sp³-hybridized carbons (Fsp3) is 0.533. The molecule has 6 unspecified atom stereocenters. The van der Waals surface area contributed by atoms with Gasteiger partial charge in [0.15, 0.2) is 5.60 Å². The van der Waals surface area contributed by atoms with E-state index < -0.39 is 36.1 Å². The van der Waals surface area contributed by atoms with Gasteiger partial charge in [0, 0.05) is 42.5 Å². The van der Waals surface area contributed by atoms with Gasteiger partial charge in [-0.1, -0.05) is 67.8 Å². The highest BCUT2D eigenvalue weighted by Crippen LogP contribution is 2.46. The van der Waals surface area contributed by atoms with Crippen molar-refractivity contribution in [2.75, 3.05) is 19.8 Å². The quantitative estimate of drug-likeness (QED) is 0.204. The summed E-state index contributed by atoms with van der Waals surface area (Å²) in [5.74, 6) is 0. The molecule has 0 bridgehead atoms. The molecule has 38 heavy (non-hydrogen) atoms. The van der Waals surface area contributed by atoms with Crippen LogP contribution < -0.4 is 0 Å². The summed E-state index contributed by atoms with van der Waals surface area (Å²) in [5.41, 5.74) is 0.890. The van der Waals surface area contributed by atoms with E-state index in [-0.39, 0.29) is 19.8 Å². The Morgan fingerprint density at radius 3 is 2.32 bits per heavy atom. The molecule has 3 aromatic rings. The first kappa shape index (κ1) is 28.7. The zero-order valence-corrected chi connectivity index (χ0v) is 22.0. The maximum Gasteiger partial charge on any atom is 0.152 e. The van der Waals surface area contributed by atoms with E-state index in [1.807, 2.05) is 61.5 Å². The molecule has 8 nitrogen and oxygen atoms in total. The van der Waals surface area contributed by atoms with Crippen LogP contribution in [0.2, 0.25) is 0 Å². The molecular weight excluding hydrogens is 486 g/mol. The number of H-pyrrole nitrogens is 1. The van der Waals surface area contributed by atoms with Crippen molar-refractivity contribution in [1.82, 2.24) is 4.98 Å². The van der Waals surface area contributed by atoms with Gasteiger partial charge in [-0.05, 0) is 31.4 Å². The molecule has 208 valence electrons. The second kappa shape index (κ2) is 13.7. The zero-order chi connectivity index (χ0) is 27.0. The molecule has 1 saturated carbocycles. The van der Waals surface area contributed by atoms with Gasteiger partial charge < -0.3 is 39.6 Å². The molecule has 2 aromatic carbocycles. The molecule has 0 spiro atoms. The number of para-hydroxylation sites is 1. The Hall–Kier alpha value is -2.30. The van der Waals surface area contributed by atoms with Crippen molar-refractivity contribution >= 4 is 10.9 Å². The molecule has 4 rings (SSSR count). The van der Waals surface area contributed by atoms with E-state index in [4.69, 9.17) is 19.3 Å². The van der Waals surface area contributed by atoms with Crippen LogP contribution in [-0.4, -0.2) is 75.8 Å². The van der Waals surface area contributed by atoms with Gasteiger partial charge in [0.2, 0.25) is 0 Å². The average Bonchev–Trinajstić information content (AvgIpc) is 3.38. The van der Waals surface area contributed by atoms with E-state index >= 15 is 0 Å². The van der Waals surface area contributed by atoms with Crippen LogP contribution in [0.3, 0.4) is 0 Å². The summed E-state index contributed by atoms with van der Waals surface area (Å²) in [5, 5.41) is 44.3. The number of fused-ring (bicyclic) bond motifs is 1. The van der Waals surface area contributed by atoms with Gasteiger partial charge in [-0.15, -0.1) is 0 Å². The lowest BCUT2D eigenvalue weighted by Gasteiger charge is -2.53. The lowest BCUT2D eigenvalue weighted by Crippen LogP contribution is -2.71. The minimum absolute atomic E-state index is 0.165. The van der Waals surface area contributed by atoms with Crippen LogP contribution in [0.4, 0.5) is 0 Å². The van der Waals surface area contributed by atoms with E-state index in [1.54, 1.807) is 6.20 Å². The van der Waals surface area contributed by atoms with Gasteiger partial charge in [-0.25, -0.2) is 0 Å². The predicted octanol–water partition coefficient (Wildman–Crippen LogP) is 3.41. The van der Waals surface area contributed by atoms with Crippen molar-refractivity contribution in [2.45, 2.75) is 81.8 Å². The fourth-order valence-corrected chi connectivity index (χ4v) is 5.55. The first-order valence-electron chi connectivity index (χ1n) is 13.7. The van der Waals surface area contributed by atoms with E-state index in [2.05, 4.69) is 4.98 Å². The van der Waals surface area contributed by atoms with Crippen molar-refractivity contribution in [2.24, 2.45) is 0 Å². The molecule has 6 atom stereocenters. The number of aliphatic hydroxyl groups is 4. The lowest BCUT2D eigenvalue weighted by atomic mass is 9.70. The number of unbranched alkanes of at least 4 members (excludes halogenated alkanes) is 4. The van der Waals surface area contributed by atoms with Crippen LogP contribution in [0.15, 0.2) is 60.8 Å². The Bertz CT molecular complexity index is 1110. The van der Waals surface area contributed by atoms with Crippen LogP contribution in [-0.2, 0) is 26.4 Å². The van der Waals surface area contributed by atoms with Gasteiger partial charge in [0.25, 0.3) is 0 Å². The number of aliphatic hydroxyl groups excluding tert-OH is 4. The number of hydrogen-bond acceptors (Lipinski definition) is 7. The second-order valence-electron chi connectivity index (χ2n) is 9.94. The summed E-state index contributed by atoms with van der Waals surface area (Å²) in [6.07, 6.45) is -0.127. The topological polar surface area (TPSA) is 124 Å². The zero-order valence-electron chi connectivity index (χ0n) is 22.0. The molecule has 0 amide bonds. The van der Waals surface area contributed by atoms with Crippen LogP contribution in [0, 0.1) is 0 Å². The molecular formula is C30H41NO7. The van der Waals surface area contributed by atoms with E-state index in [0.717, 1.165) is 48.6 Å². The molecule has 8 heteroatoms. The summed E-state index contributed by atoms with van der Waals surface area (Å²) in [4.78, 5) is 3.25. The Kier molecular flexibility index (Phi) is 10.3. The van der Waals surface area contributed by atoms with E-state index in [9.17, 15) is 15.3 Å². The van der Waals surface area contributed by atoms with Crippen LogP contribution >= 0.6 is 0 Å². The lowest BCUT2D eigenvalue weighted by molar-refractivity contribution is -0.306. The summed E-state index contributed by atoms with van der Waals surface area (Å²) in [6.45, 7) is 2.74. The summed E-state index contributed by atoms with van der Waals surface area (Å²) < 4.78 is 18.7. The Labute approximate surface area is 224 Å². The minimum Gasteiger partial charge on any atom is -0.396 e. The number of aromatic amines is 1. The van der Waals surface area contributed by atoms with Crippen LogP contribution in [0.25, 0.3) is 10.9 Å². The highest BCUT2D eigenvalue weighted by Gasteiger charge is 2.62. The van der Waals surface area contributed by atoms with Crippen molar-refractivity contribution < 1.29 is 34.6 Å². The van der Waals surface area contributed by atoms with Crippen LogP contribution in [0.1, 0.15) is 50.2 Å². The number of benzene rings is 2. The van der Waals surface area contributed by atoms with Crippen LogP contribution in [0.5, 0.6) is 0 Å². The molecule has 1 aromatic heterocycles. The highest BCUT2D eigenvalue weighted by atomic mass is 16.6. The largest absolute Gasteiger partial charge is 0.396 e. The highest BCUT2D eigenvalue weighted by molar-refractivity contribution is 5.84. The number of aromatic nitrogens is 1. The average molecular weight is 528 g/mol. The maximum absolute atomic E-state index is 11.9. The minimum atomic E-state index is -1.51. The third kappa shape index (κ3) is 5.97. The third-order valence-electron chi connectivity index (χ3n) is 7.45. The number of rotatable bonds is 14. The third-order valence-corrected chi connectivity index (χ3v) is 7.45. The summed E-state index contributed by atoms with van der Waals surface area (Å²) in [6, 6.07) is 17.3. The van der Waals surface area contributed by atoms with Gasteiger partial charge in [-0.2, -0.15) is 0 Å². The molecule has 1 aliphatic carbocycles. The number of ether oxygens (including phenoxy) is 3. The summed E-state index contributed by atoms with van der Waals surface area (Å²) in [7, 11) is 0. The Morgan fingerprint density at radius 1 is 0.842 bits per heavy atom. The molecule has 5 N–H and O–H groups in total. The number of nitrogens with one attached hydrogen (secondary N) is 1. The molecule has 0 radical (unpaired) electrons.